The highest BCUT2D eigenvalue weighted by Gasteiger charge is 2.17. The average Bonchev–Trinajstić information content (AvgIpc) is 2.74. The van der Waals surface area contributed by atoms with Crippen molar-refractivity contribution in [2.45, 2.75) is 6.92 Å². The SMILES string of the molecule is Cc1cc2c(cc1N)[nH]c(=O)n2C(=O)c1cccc(F)c1. The first-order valence-corrected chi connectivity index (χ1v) is 6.28. The summed E-state index contributed by atoms with van der Waals surface area (Å²) in [6.45, 7) is 1.78. The molecule has 0 saturated heterocycles. The fourth-order valence-electron chi connectivity index (χ4n) is 2.23. The molecule has 3 N–H and O–H groups in total. The van der Waals surface area contributed by atoms with Crippen LogP contribution in [-0.4, -0.2) is 15.5 Å². The van der Waals surface area contributed by atoms with E-state index >= 15 is 0 Å². The molecule has 3 aromatic rings. The number of H-pyrrole nitrogens is 1. The minimum atomic E-state index is -0.588. The number of nitrogens with one attached hydrogen (secondary N) is 1. The second-order valence-electron chi connectivity index (χ2n) is 4.81. The molecular formula is C15H12FN3O2. The molecule has 21 heavy (non-hydrogen) atoms. The van der Waals surface area contributed by atoms with Crippen LogP contribution < -0.4 is 11.4 Å². The third-order valence-electron chi connectivity index (χ3n) is 3.34. The molecule has 106 valence electrons. The van der Waals surface area contributed by atoms with Crippen molar-refractivity contribution in [1.29, 1.82) is 0 Å². The van der Waals surface area contributed by atoms with E-state index in [4.69, 9.17) is 5.73 Å². The Morgan fingerprint density at radius 3 is 2.76 bits per heavy atom. The van der Waals surface area contributed by atoms with E-state index in [2.05, 4.69) is 4.98 Å². The Morgan fingerprint density at radius 2 is 2.05 bits per heavy atom. The zero-order valence-electron chi connectivity index (χ0n) is 11.2. The maximum atomic E-state index is 13.2. The van der Waals surface area contributed by atoms with Crippen LogP contribution in [0.2, 0.25) is 0 Å². The van der Waals surface area contributed by atoms with Crippen molar-refractivity contribution < 1.29 is 9.18 Å². The molecule has 1 aromatic heterocycles. The van der Waals surface area contributed by atoms with Gasteiger partial charge in [-0.15, -0.1) is 0 Å². The highest BCUT2D eigenvalue weighted by atomic mass is 19.1. The van der Waals surface area contributed by atoms with Crippen LogP contribution in [0.4, 0.5) is 10.1 Å². The number of aromatic nitrogens is 2. The van der Waals surface area contributed by atoms with Crippen LogP contribution in [-0.2, 0) is 0 Å². The highest BCUT2D eigenvalue weighted by Crippen LogP contribution is 2.19. The van der Waals surface area contributed by atoms with Crippen molar-refractivity contribution in [3.05, 3.63) is 63.8 Å². The molecule has 0 atom stereocenters. The molecule has 6 heteroatoms. The van der Waals surface area contributed by atoms with Crippen molar-refractivity contribution in [2.75, 3.05) is 5.73 Å². The maximum absolute atomic E-state index is 13.2. The van der Waals surface area contributed by atoms with Crippen LogP contribution in [0.15, 0.2) is 41.2 Å². The lowest BCUT2D eigenvalue weighted by Gasteiger charge is -2.04. The molecule has 0 saturated carbocycles. The molecule has 0 radical (unpaired) electrons. The first-order valence-electron chi connectivity index (χ1n) is 6.28. The van der Waals surface area contributed by atoms with Gasteiger partial charge in [-0.05, 0) is 42.8 Å². The van der Waals surface area contributed by atoms with E-state index < -0.39 is 17.4 Å². The van der Waals surface area contributed by atoms with Gasteiger partial charge in [0.2, 0.25) is 0 Å². The van der Waals surface area contributed by atoms with Gasteiger partial charge in [0.25, 0.3) is 5.91 Å². The number of fused-ring (bicyclic) bond motifs is 1. The fraction of sp³-hybridized carbons (Fsp3) is 0.0667. The van der Waals surface area contributed by atoms with Crippen molar-refractivity contribution >= 4 is 22.6 Å². The van der Waals surface area contributed by atoms with Crippen molar-refractivity contribution in [3.63, 3.8) is 0 Å². The molecule has 0 aliphatic heterocycles. The summed E-state index contributed by atoms with van der Waals surface area (Å²) in [4.78, 5) is 27.0. The summed E-state index contributed by atoms with van der Waals surface area (Å²) in [5.74, 6) is -1.12. The topological polar surface area (TPSA) is 80.9 Å². The van der Waals surface area contributed by atoms with Crippen LogP contribution in [0.25, 0.3) is 11.0 Å². The third-order valence-corrected chi connectivity index (χ3v) is 3.34. The van der Waals surface area contributed by atoms with Gasteiger partial charge in [-0.25, -0.2) is 13.8 Å². The number of aryl methyl sites for hydroxylation is 1. The minimum Gasteiger partial charge on any atom is -0.398 e. The number of imidazole rings is 1. The second-order valence-corrected chi connectivity index (χ2v) is 4.81. The number of rotatable bonds is 1. The van der Waals surface area contributed by atoms with E-state index in [0.29, 0.717) is 16.7 Å². The summed E-state index contributed by atoms with van der Waals surface area (Å²) in [5, 5.41) is 0. The van der Waals surface area contributed by atoms with Gasteiger partial charge in [0.05, 0.1) is 11.0 Å². The molecular weight excluding hydrogens is 273 g/mol. The average molecular weight is 285 g/mol. The Kier molecular flexibility index (Phi) is 2.86. The molecule has 5 nitrogen and oxygen atoms in total. The smallest absolute Gasteiger partial charge is 0.333 e. The number of halogens is 1. The van der Waals surface area contributed by atoms with Crippen molar-refractivity contribution in [2.24, 2.45) is 0 Å². The molecule has 2 aromatic carbocycles. The fourth-order valence-corrected chi connectivity index (χ4v) is 2.23. The molecule has 0 amide bonds. The number of aromatic amines is 1. The molecule has 1 heterocycles. The lowest BCUT2D eigenvalue weighted by molar-refractivity contribution is 0.0960. The molecule has 0 bridgehead atoms. The predicted octanol–water partition coefficient (Wildman–Crippen LogP) is 2.05. The zero-order valence-corrected chi connectivity index (χ0v) is 11.2. The standard InChI is InChI=1S/C15H12FN3O2/c1-8-5-13-12(7-11(8)17)18-15(21)19(13)14(20)9-3-2-4-10(16)6-9/h2-7H,17H2,1H3,(H,18,21). The number of benzene rings is 2. The Balaban J connectivity index is 2.25. The van der Waals surface area contributed by atoms with Gasteiger partial charge in [0.15, 0.2) is 0 Å². The quantitative estimate of drug-likeness (QED) is 0.671. The normalized spacial score (nSPS) is 11.0. The zero-order chi connectivity index (χ0) is 15.1. The molecule has 0 aliphatic rings. The summed E-state index contributed by atoms with van der Waals surface area (Å²) in [5.41, 5.74) is 7.47. The summed E-state index contributed by atoms with van der Waals surface area (Å²) in [6, 6.07) is 8.46. The lowest BCUT2D eigenvalue weighted by Crippen LogP contribution is -2.24. The van der Waals surface area contributed by atoms with Gasteiger partial charge in [-0.3, -0.25) is 4.79 Å². The number of anilines is 1. The first-order chi connectivity index (χ1) is 9.97. The van der Waals surface area contributed by atoms with E-state index in [9.17, 15) is 14.0 Å². The molecule has 0 spiro atoms. The van der Waals surface area contributed by atoms with Gasteiger partial charge < -0.3 is 10.7 Å². The molecule has 0 aliphatic carbocycles. The van der Waals surface area contributed by atoms with E-state index in [0.717, 1.165) is 16.2 Å². The van der Waals surface area contributed by atoms with E-state index in [1.54, 1.807) is 19.1 Å². The number of carbonyl (C=O) groups excluding carboxylic acids is 1. The number of hydrogen-bond acceptors (Lipinski definition) is 3. The first kappa shape index (κ1) is 13.1. The number of nitrogen functional groups attached to an aromatic ring is 1. The number of nitrogens with zero attached hydrogens (tertiary/aromatic N) is 1. The highest BCUT2D eigenvalue weighted by molar-refractivity contribution is 6.01. The molecule has 0 unspecified atom stereocenters. The summed E-state index contributed by atoms with van der Waals surface area (Å²) >= 11 is 0. The van der Waals surface area contributed by atoms with Gasteiger partial charge in [-0.1, -0.05) is 6.07 Å². The van der Waals surface area contributed by atoms with Gasteiger partial charge in [-0.2, -0.15) is 0 Å². The van der Waals surface area contributed by atoms with Crippen LogP contribution in [0.5, 0.6) is 0 Å². The van der Waals surface area contributed by atoms with Crippen LogP contribution >= 0.6 is 0 Å². The summed E-state index contributed by atoms with van der Waals surface area (Å²) in [7, 11) is 0. The van der Waals surface area contributed by atoms with E-state index in [1.807, 2.05) is 0 Å². The summed E-state index contributed by atoms with van der Waals surface area (Å²) in [6.07, 6.45) is 0. The van der Waals surface area contributed by atoms with Crippen molar-refractivity contribution in [3.8, 4) is 0 Å². The third kappa shape index (κ3) is 2.10. The van der Waals surface area contributed by atoms with Crippen LogP contribution in [0.3, 0.4) is 0 Å². The van der Waals surface area contributed by atoms with E-state index in [1.165, 1.54) is 18.2 Å². The molecule has 3 rings (SSSR count). The van der Waals surface area contributed by atoms with Crippen LogP contribution in [0.1, 0.15) is 15.9 Å². The van der Waals surface area contributed by atoms with Crippen LogP contribution in [0, 0.1) is 12.7 Å². The number of nitrogens with two attached hydrogens (primary N) is 1. The minimum absolute atomic E-state index is 0.104. The summed E-state index contributed by atoms with van der Waals surface area (Å²) < 4.78 is 14.2. The predicted molar refractivity (Wildman–Crippen MR) is 77.8 cm³/mol. The Labute approximate surface area is 118 Å². The monoisotopic (exact) mass is 285 g/mol. The Bertz CT molecular complexity index is 924. The van der Waals surface area contributed by atoms with E-state index in [-0.39, 0.29) is 5.56 Å². The molecule has 0 fully saturated rings. The second kappa shape index (κ2) is 4.59. The lowest BCUT2D eigenvalue weighted by atomic mass is 10.1. The largest absolute Gasteiger partial charge is 0.398 e. The van der Waals surface area contributed by atoms with Gasteiger partial charge in [0.1, 0.15) is 5.82 Å². The number of carbonyl (C=O) groups is 1. The Hall–Kier alpha value is -2.89. The Morgan fingerprint density at radius 1 is 1.29 bits per heavy atom. The van der Waals surface area contributed by atoms with Crippen molar-refractivity contribution in [1.82, 2.24) is 9.55 Å². The van der Waals surface area contributed by atoms with Gasteiger partial charge in [0, 0.05) is 11.3 Å². The maximum Gasteiger partial charge on any atom is 0.333 e. The number of hydrogen-bond donors (Lipinski definition) is 2. The van der Waals surface area contributed by atoms with Gasteiger partial charge >= 0.3 is 5.69 Å².